The van der Waals surface area contributed by atoms with Gasteiger partial charge < -0.3 is 5.32 Å². The SMILES string of the molecule is O=C(C[N+](=O)[O-])NC12CC3CC(CC(C3)C1)C2. The van der Waals surface area contributed by atoms with Gasteiger partial charge in [-0.05, 0) is 56.3 Å². The van der Waals surface area contributed by atoms with E-state index in [-0.39, 0.29) is 5.54 Å². The number of nitrogens with zero attached hydrogens (tertiary/aromatic N) is 1. The van der Waals surface area contributed by atoms with E-state index in [9.17, 15) is 14.9 Å². The molecule has 5 nitrogen and oxygen atoms in total. The van der Waals surface area contributed by atoms with Crippen molar-refractivity contribution in [1.29, 1.82) is 0 Å². The maximum Gasteiger partial charge on any atom is 0.292 e. The van der Waals surface area contributed by atoms with E-state index in [1.807, 2.05) is 0 Å². The summed E-state index contributed by atoms with van der Waals surface area (Å²) >= 11 is 0. The number of carbonyl (C=O) groups excluding carboxylic acids is 1. The molecule has 4 rings (SSSR count). The average molecular weight is 238 g/mol. The second-order valence-electron chi connectivity index (χ2n) is 6.24. The summed E-state index contributed by atoms with van der Waals surface area (Å²) < 4.78 is 0. The lowest BCUT2D eigenvalue weighted by molar-refractivity contribution is -0.467. The van der Waals surface area contributed by atoms with Crippen LogP contribution in [0.2, 0.25) is 0 Å². The lowest BCUT2D eigenvalue weighted by Crippen LogP contribution is -2.60. The quantitative estimate of drug-likeness (QED) is 0.596. The third-order valence-electron chi connectivity index (χ3n) is 4.72. The summed E-state index contributed by atoms with van der Waals surface area (Å²) in [7, 11) is 0. The van der Waals surface area contributed by atoms with Crippen molar-refractivity contribution in [3.05, 3.63) is 10.1 Å². The first-order valence-electron chi connectivity index (χ1n) is 6.47. The van der Waals surface area contributed by atoms with E-state index < -0.39 is 17.4 Å². The van der Waals surface area contributed by atoms with E-state index in [1.165, 1.54) is 19.3 Å². The molecular weight excluding hydrogens is 220 g/mol. The van der Waals surface area contributed by atoms with E-state index >= 15 is 0 Å². The zero-order chi connectivity index (χ0) is 12.0. The minimum Gasteiger partial charge on any atom is -0.345 e. The Labute approximate surface area is 100 Å². The fraction of sp³-hybridized carbons (Fsp3) is 0.917. The topological polar surface area (TPSA) is 72.2 Å². The number of hydrogen-bond donors (Lipinski definition) is 1. The van der Waals surface area contributed by atoms with Gasteiger partial charge in [-0.25, -0.2) is 0 Å². The van der Waals surface area contributed by atoms with Gasteiger partial charge in [-0.15, -0.1) is 0 Å². The maximum atomic E-state index is 11.6. The van der Waals surface area contributed by atoms with Crippen LogP contribution in [0.1, 0.15) is 38.5 Å². The molecule has 0 aromatic rings. The van der Waals surface area contributed by atoms with Gasteiger partial charge in [0.25, 0.3) is 12.5 Å². The highest BCUT2D eigenvalue weighted by atomic mass is 16.6. The number of carbonyl (C=O) groups is 1. The molecule has 5 heteroatoms. The number of rotatable bonds is 3. The van der Waals surface area contributed by atoms with Crippen LogP contribution in [0.4, 0.5) is 0 Å². The van der Waals surface area contributed by atoms with Gasteiger partial charge in [-0.2, -0.15) is 0 Å². The summed E-state index contributed by atoms with van der Waals surface area (Å²) in [4.78, 5) is 21.4. The highest BCUT2D eigenvalue weighted by molar-refractivity contribution is 5.77. The van der Waals surface area contributed by atoms with Crippen molar-refractivity contribution in [1.82, 2.24) is 5.32 Å². The molecule has 0 aromatic carbocycles. The van der Waals surface area contributed by atoms with Gasteiger partial charge in [-0.3, -0.25) is 14.9 Å². The predicted molar refractivity (Wildman–Crippen MR) is 60.9 cm³/mol. The van der Waals surface area contributed by atoms with Gasteiger partial charge in [0, 0.05) is 10.5 Å². The Morgan fingerprint density at radius 3 is 2.06 bits per heavy atom. The van der Waals surface area contributed by atoms with Crippen molar-refractivity contribution in [2.24, 2.45) is 17.8 Å². The molecule has 0 saturated heterocycles. The molecule has 1 amide bonds. The Kier molecular flexibility index (Phi) is 2.38. The molecule has 4 fully saturated rings. The molecular formula is C12H18N2O3. The van der Waals surface area contributed by atoms with E-state index in [1.54, 1.807) is 0 Å². The molecule has 1 N–H and O–H groups in total. The summed E-state index contributed by atoms with van der Waals surface area (Å²) in [6, 6.07) is 0. The Hall–Kier alpha value is -1.13. The number of nitro groups is 1. The Morgan fingerprint density at radius 2 is 1.65 bits per heavy atom. The smallest absolute Gasteiger partial charge is 0.292 e. The van der Waals surface area contributed by atoms with Crippen LogP contribution in [0, 0.1) is 27.9 Å². The molecule has 0 unspecified atom stereocenters. The number of nitrogens with one attached hydrogen (secondary N) is 1. The summed E-state index contributed by atoms with van der Waals surface area (Å²) in [5, 5.41) is 13.3. The first kappa shape index (κ1) is 11.0. The average Bonchev–Trinajstić information content (AvgIpc) is 2.11. The highest BCUT2D eigenvalue weighted by Crippen LogP contribution is 2.55. The zero-order valence-electron chi connectivity index (χ0n) is 9.85. The highest BCUT2D eigenvalue weighted by Gasteiger charge is 2.51. The molecule has 4 bridgehead atoms. The van der Waals surface area contributed by atoms with Crippen LogP contribution in [0.25, 0.3) is 0 Å². The first-order valence-corrected chi connectivity index (χ1v) is 6.47. The normalized spacial score (nSPS) is 42.5. The van der Waals surface area contributed by atoms with Crippen LogP contribution in [-0.4, -0.2) is 22.9 Å². The predicted octanol–water partition coefficient (Wildman–Crippen LogP) is 1.35. The number of hydrogen-bond acceptors (Lipinski definition) is 3. The van der Waals surface area contributed by atoms with E-state index in [2.05, 4.69) is 5.32 Å². The fourth-order valence-corrected chi connectivity index (χ4v) is 4.72. The molecule has 94 valence electrons. The van der Waals surface area contributed by atoms with Crippen LogP contribution in [-0.2, 0) is 4.79 Å². The van der Waals surface area contributed by atoms with Gasteiger partial charge >= 0.3 is 0 Å². The van der Waals surface area contributed by atoms with Gasteiger partial charge in [0.15, 0.2) is 0 Å². The van der Waals surface area contributed by atoms with Crippen LogP contribution >= 0.6 is 0 Å². The largest absolute Gasteiger partial charge is 0.345 e. The van der Waals surface area contributed by atoms with E-state index in [0.717, 1.165) is 37.0 Å². The monoisotopic (exact) mass is 238 g/mol. The van der Waals surface area contributed by atoms with Crippen molar-refractivity contribution in [3.63, 3.8) is 0 Å². The third-order valence-corrected chi connectivity index (χ3v) is 4.72. The van der Waals surface area contributed by atoms with Gasteiger partial charge in [0.1, 0.15) is 0 Å². The minimum absolute atomic E-state index is 0.0954. The molecule has 0 spiro atoms. The standard InChI is InChI=1S/C12H18N2O3/c15-11(7-14(16)17)13-12-4-8-1-9(5-12)3-10(2-8)6-12/h8-10H,1-7H2,(H,13,15). The Balaban J connectivity index is 1.70. The number of amides is 1. The van der Waals surface area contributed by atoms with Crippen molar-refractivity contribution >= 4 is 5.91 Å². The van der Waals surface area contributed by atoms with E-state index in [0.29, 0.717) is 0 Å². The van der Waals surface area contributed by atoms with E-state index in [4.69, 9.17) is 0 Å². The van der Waals surface area contributed by atoms with Crippen molar-refractivity contribution < 1.29 is 9.72 Å². The second kappa shape index (κ2) is 3.68. The van der Waals surface area contributed by atoms with Crippen molar-refractivity contribution in [2.45, 2.75) is 44.1 Å². The molecule has 0 atom stereocenters. The lowest BCUT2D eigenvalue weighted by atomic mass is 9.53. The molecule has 4 aliphatic carbocycles. The molecule has 4 aliphatic rings. The molecule has 17 heavy (non-hydrogen) atoms. The van der Waals surface area contributed by atoms with Crippen LogP contribution in [0.3, 0.4) is 0 Å². The molecule has 0 heterocycles. The Morgan fingerprint density at radius 1 is 1.18 bits per heavy atom. The van der Waals surface area contributed by atoms with Gasteiger partial charge in [0.2, 0.25) is 0 Å². The van der Waals surface area contributed by atoms with Gasteiger partial charge in [-0.1, -0.05) is 0 Å². The van der Waals surface area contributed by atoms with Crippen LogP contribution in [0.5, 0.6) is 0 Å². The molecule has 4 saturated carbocycles. The molecule has 0 radical (unpaired) electrons. The van der Waals surface area contributed by atoms with Crippen molar-refractivity contribution in [2.75, 3.05) is 6.54 Å². The van der Waals surface area contributed by atoms with Crippen LogP contribution in [0.15, 0.2) is 0 Å². The second-order valence-corrected chi connectivity index (χ2v) is 6.24. The minimum atomic E-state index is -0.582. The summed E-state index contributed by atoms with van der Waals surface area (Å²) in [5.74, 6) is 1.84. The zero-order valence-corrected chi connectivity index (χ0v) is 9.85. The first-order chi connectivity index (χ1) is 8.05. The van der Waals surface area contributed by atoms with Crippen LogP contribution < -0.4 is 5.32 Å². The summed E-state index contributed by atoms with van der Waals surface area (Å²) in [5.41, 5.74) is -0.0954. The maximum absolute atomic E-state index is 11.6. The lowest BCUT2D eigenvalue weighted by Gasteiger charge is -2.56. The third kappa shape index (κ3) is 2.03. The molecule has 0 aromatic heterocycles. The summed E-state index contributed by atoms with van der Waals surface area (Å²) in [6.45, 7) is -0.582. The summed E-state index contributed by atoms with van der Waals surface area (Å²) in [6.07, 6.45) is 7.06. The van der Waals surface area contributed by atoms with Gasteiger partial charge in [0.05, 0.1) is 0 Å². The van der Waals surface area contributed by atoms with Crippen molar-refractivity contribution in [3.8, 4) is 0 Å². The molecule has 0 aliphatic heterocycles. The Bertz CT molecular complexity index is 331. The fourth-order valence-electron chi connectivity index (χ4n) is 4.72.